The molecule has 3 N–H and O–H groups in total. The minimum absolute atomic E-state index is 0.0353. The van der Waals surface area contributed by atoms with Crippen LogP contribution in [-0.4, -0.2) is 40.8 Å². The van der Waals surface area contributed by atoms with Crippen LogP contribution < -0.4 is 11.1 Å². The Labute approximate surface area is 166 Å². The predicted octanol–water partition coefficient (Wildman–Crippen LogP) is 2.04. The lowest BCUT2D eigenvalue weighted by Gasteiger charge is -2.15. The first-order valence-electron chi connectivity index (χ1n) is 9.33. The van der Waals surface area contributed by atoms with Crippen molar-refractivity contribution >= 4 is 51.9 Å². The quantitative estimate of drug-likeness (QED) is 0.621. The van der Waals surface area contributed by atoms with E-state index in [2.05, 4.69) is 26.5 Å². The largest absolute Gasteiger partial charge is 0.398 e. The molecule has 29 heavy (non-hydrogen) atoms. The number of benzene rings is 1. The lowest BCUT2D eigenvalue weighted by molar-refractivity contribution is -0.494. The van der Waals surface area contributed by atoms with Gasteiger partial charge in [-0.3, -0.25) is 9.79 Å². The van der Waals surface area contributed by atoms with E-state index in [0.29, 0.717) is 17.9 Å². The Morgan fingerprint density at radius 1 is 1.38 bits per heavy atom. The zero-order valence-electron chi connectivity index (χ0n) is 15.7. The number of nitrogens with two attached hydrogens (primary N) is 1. The molecule has 1 amide bonds. The summed E-state index contributed by atoms with van der Waals surface area (Å²) in [6.07, 6.45) is 7.90. The normalized spacial score (nSPS) is 24.3. The molecule has 0 spiro atoms. The zero-order chi connectivity index (χ0) is 20.1. The highest BCUT2D eigenvalue weighted by Gasteiger charge is 2.43. The van der Waals surface area contributed by atoms with Crippen LogP contribution in [0.3, 0.4) is 0 Å². The second-order valence-corrected chi connectivity index (χ2v) is 7.51. The molecular weight excluding hydrogens is 366 g/mol. The van der Waals surface area contributed by atoms with Gasteiger partial charge >= 0.3 is 0 Å². The molecule has 1 fully saturated rings. The Balaban J connectivity index is 1.49. The Bertz CT molecular complexity index is 1230. The van der Waals surface area contributed by atoms with Crippen molar-refractivity contribution < 1.29 is 9.48 Å². The maximum absolute atomic E-state index is 12.2. The number of nitrogens with zero attached hydrogens (tertiary/aromatic N) is 5. The van der Waals surface area contributed by atoms with Crippen LogP contribution in [0.4, 0.5) is 11.5 Å². The maximum Gasteiger partial charge on any atom is 0.230 e. The number of hydrazone groups is 1. The van der Waals surface area contributed by atoms with Crippen LogP contribution in [-0.2, 0) is 4.79 Å². The van der Waals surface area contributed by atoms with Gasteiger partial charge in [-0.15, -0.1) is 0 Å². The molecule has 8 heteroatoms. The summed E-state index contributed by atoms with van der Waals surface area (Å²) in [6.45, 7) is 0. The Kier molecular flexibility index (Phi) is 3.77. The number of pyridine rings is 1. The monoisotopic (exact) mass is 384 g/mol. The van der Waals surface area contributed by atoms with E-state index in [9.17, 15) is 4.79 Å². The van der Waals surface area contributed by atoms with E-state index in [1.807, 2.05) is 37.7 Å². The van der Waals surface area contributed by atoms with Crippen LogP contribution in [0.5, 0.6) is 0 Å². The van der Waals surface area contributed by atoms with Crippen molar-refractivity contribution in [1.82, 2.24) is 4.98 Å². The van der Waals surface area contributed by atoms with Gasteiger partial charge in [0, 0.05) is 23.5 Å². The van der Waals surface area contributed by atoms with E-state index >= 15 is 0 Å². The standard InChI is InChI=1S/C21H17N7O/c1-28-10-17-15(7-24-9-19(17)27-28)11-2-12-5-20(25-8-16(12)18(23)4-11)26-21(29)14-3-13(14)6-22/h2,4-5,7-10,13-14,17H,3H2,1H3,(H2-,23,25,26,29)/p+1/t13-,14+,17?/m1/s1. The molecule has 1 aliphatic carbocycles. The van der Waals surface area contributed by atoms with Gasteiger partial charge in [0.25, 0.3) is 0 Å². The third-order valence-corrected chi connectivity index (χ3v) is 5.46. The van der Waals surface area contributed by atoms with Crippen molar-refractivity contribution in [2.24, 2.45) is 27.8 Å². The minimum Gasteiger partial charge on any atom is -0.398 e. The van der Waals surface area contributed by atoms with E-state index < -0.39 is 0 Å². The highest BCUT2D eigenvalue weighted by atomic mass is 16.2. The molecule has 2 aromatic rings. The number of fused-ring (bicyclic) bond motifs is 2. The fourth-order valence-electron chi connectivity index (χ4n) is 3.81. The minimum atomic E-state index is -0.244. The van der Waals surface area contributed by atoms with Crippen molar-refractivity contribution in [1.29, 1.82) is 5.26 Å². The van der Waals surface area contributed by atoms with Crippen LogP contribution in [0.1, 0.15) is 12.0 Å². The third-order valence-electron chi connectivity index (χ3n) is 5.46. The van der Waals surface area contributed by atoms with E-state index in [1.54, 1.807) is 17.1 Å². The highest BCUT2D eigenvalue weighted by Crippen LogP contribution is 2.38. The number of nitriles is 1. The lowest BCUT2D eigenvalue weighted by Crippen LogP contribution is -2.18. The number of amides is 1. The average molecular weight is 384 g/mol. The van der Waals surface area contributed by atoms with Crippen molar-refractivity contribution in [3.05, 3.63) is 36.2 Å². The fraction of sp³-hybridized carbons (Fsp3) is 0.238. The smallest absolute Gasteiger partial charge is 0.230 e. The summed E-state index contributed by atoms with van der Waals surface area (Å²) < 4.78 is 1.79. The first kappa shape index (κ1) is 17.3. The molecule has 3 aliphatic rings. The van der Waals surface area contributed by atoms with Gasteiger partial charge in [-0.25, -0.2) is 4.98 Å². The first-order valence-corrected chi connectivity index (χ1v) is 9.33. The summed E-state index contributed by atoms with van der Waals surface area (Å²) >= 11 is 0. The van der Waals surface area contributed by atoms with E-state index in [-0.39, 0.29) is 23.7 Å². The zero-order valence-corrected chi connectivity index (χ0v) is 15.7. The highest BCUT2D eigenvalue weighted by molar-refractivity contribution is 6.39. The van der Waals surface area contributed by atoms with E-state index in [4.69, 9.17) is 11.0 Å². The predicted molar refractivity (Wildman–Crippen MR) is 112 cm³/mol. The molecule has 0 saturated heterocycles. The number of rotatable bonds is 3. The summed E-state index contributed by atoms with van der Waals surface area (Å²) in [4.78, 5) is 20.9. The molecular formula is C21H18N7O+. The summed E-state index contributed by atoms with van der Waals surface area (Å²) in [5, 5.41) is 17.9. The van der Waals surface area contributed by atoms with Gasteiger partial charge in [-0.1, -0.05) is 4.68 Å². The molecule has 1 aromatic carbocycles. The summed E-state index contributed by atoms with van der Waals surface area (Å²) in [7, 11) is 1.89. The van der Waals surface area contributed by atoms with Crippen LogP contribution in [0, 0.1) is 29.1 Å². The number of carbonyl (C=O) groups excluding carboxylic acids is 1. The Hall–Kier alpha value is -3.86. The number of allylic oxidation sites excluding steroid dienone is 1. The fourth-order valence-corrected chi connectivity index (χ4v) is 3.81. The first-order chi connectivity index (χ1) is 14.0. The molecule has 0 radical (unpaired) electrons. The van der Waals surface area contributed by atoms with Gasteiger partial charge in [0.15, 0.2) is 13.3 Å². The number of aromatic nitrogens is 1. The van der Waals surface area contributed by atoms with Crippen molar-refractivity contribution in [3.63, 3.8) is 0 Å². The number of aliphatic imine (C=N–C) groups is 1. The third kappa shape index (κ3) is 2.97. The van der Waals surface area contributed by atoms with E-state index in [0.717, 1.165) is 27.6 Å². The molecule has 1 aromatic heterocycles. The molecule has 142 valence electrons. The molecule has 1 saturated carbocycles. The lowest BCUT2D eigenvalue weighted by atomic mass is 9.88. The summed E-state index contributed by atoms with van der Waals surface area (Å²) in [6, 6.07) is 7.87. The van der Waals surface area contributed by atoms with Crippen molar-refractivity contribution in [2.75, 3.05) is 18.1 Å². The van der Waals surface area contributed by atoms with Crippen molar-refractivity contribution in [2.45, 2.75) is 6.42 Å². The van der Waals surface area contributed by atoms with Gasteiger partial charge in [-0.2, -0.15) is 5.26 Å². The molecule has 1 unspecified atom stereocenters. The van der Waals surface area contributed by atoms with E-state index in [1.165, 1.54) is 0 Å². The molecule has 3 atom stereocenters. The second-order valence-electron chi connectivity index (χ2n) is 7.51. The topological polar surface area (TPSA) is 120 Å². The molecule has 8 nitrogen and oxygen atoms in total. The number of nitrogen functional groups attached to an aromatic ring is 1. The second kappa shape index (κ2) is 6.34. The SMILES string of the molecule is C[N+]1=CC2C(c3cc(N)c4cnc(NC(=O)[C@H]5C[C@@H]5C#N)cc4c3)=CN=CC2=N1. The number of hydrogen-bond acceptors (Lipinski definition) is 6. The maximum atomic E-state index is 12.2. The molecule has 3 heterocycles. The van der Waals surface area contributed by atoms with Crippen molar-refractivity contribution in [3.8, 4) is 6.07 Å². The molecule has 5 rings (SSSR count). The van der Waals surface area contributed by atoms with Gasteiger partial charge in [0.1, 0.15) is 17.4 Å². The molecule has 2 aliphatic heterocycles. The average Bonchev–Trinajstić information content (AvgIpc) is 3.40. The molecule has 0 bridgehead atoms. The van der Waals surface area contributed by atoms with Gasteiger partial charge in [0.2, 0.25) is 5.91 Å². The van der Waals surface area contributed by atoms with Gasteiger partial charge in [0.05, 0.1) is 24.1 Å². The number of anilines is 2. The van der Waals surface area contributed by atoms with Crippen LogP contribution in [0.15, 0.2) is 40.7 Å². The van der Waals surface area contributed by atoms with Crippen LogP contribution in [0.25, 0.3) is 16.3 Å². The number of nitrogens with one attached hydrogen (secondary N) is 1. The van der Waals surface area contributed by atoms with Crippen LogP contribution in [0.2, 0.25) is 0 Å². The van der Waals surface area contributed by atoms with Gasteiger partial charge in [-0.05, 0) is 46.2 Å². The Morgan fingerprint density at radius 2 is 2.24 bits per heavy atom. The Morgan fingerprint density at radius 3 is 3.03 bits per heavy atom. The number of hydrogen-bond donors (Lipinski definition) is 2. The summed E-state index contributed by atoms with van der Waals surface area (Å²) in [5.74, 6) is -0.109. The number of carbonyl (C=O) groups is 1. The summed E-state index contributed by atoms with van der Waals surface area (Å²) in [5.41, 5.74) is 9.76. The van der Waals surface area contributed by atoms with Gasteiger partial charge < -0.3 is 11.1 Å². The van der Waals surface area contributed by atoms with Crippen LogP contribution >= 0.6 is 0 Å².